The van der Waals surface area contributed by atoms with Gasteiger partial charge in [0, 0.05) is 20.1 Å². The number of fused-ring (bicyclic) bond motifs is 1. The molecule has 0 spiro atoms. The Morgan fingerprint density at radius 3 is 2.53 bits per heavy atom. The van der Waals surface area contributed by atoms with Crippen molar-refractivity contribution in [1.82, 2.24) is 9.55 Å². The molecule has 0 bridgehead atoms. The number of hydrogen-bond acceptors (Lipinski definition) is 2. The fraction of sp³-hybridized carbons (Fsp3) is 0.500. The number of rotatable bonds is 5. The number of para-hydroxylation sites is 1. The van der Waals surface area contributed by atoms with Gasteiger partial charge in [0.15, 0.2) is 0 Å². The molecule has 2 aromatic rings. The summed E-state index contributed by atoms with van der Waals surface area (Å²) in [6.45, 7) is 6.65. The molecule has 0 radical (unpaired) electrons. The molecule has 17 heavy (non-hydrogen) atoms. The Morgan fingerprint density at radius 1 is 1.18 bits per heavy atom. The van der Waals surface area contributed by atoms with E-state index < -0.39 is 0 Å². The summed E-state index contributed by atoms with van der Waals surface area (Å²) in [7, 11) is 2.04. The van der Waals surface area contributed by atoms with Crippen molar-refractivity contribution in [1.29, 1.82) is 0 Å². The van der Waals surface area contributed by atoms with Gasteiger partial charge in [0.25, 0.3) is 0 Å². The van der Waals surface area contributed by atoms with Gasteiger partial charge in [-0.3, -0.25) is 0 Å². The van der Waals surface area contributed by atoms with Crippen molar-refractivity contribution in [3.8, 4) is 0 Å². The molecule has 0 saturated carbocycles. The van der Waals surface area contributed by atoms with Gasteiger partial charge in [0.1, 0.15) is 5.52 Å². The standard InChI is InChI=1S/C14H21N3/c1-4-9-17(10-5-2)13-8-6-7-12-14(13)15-11-16(12)3/h6-8,11H,4-5,9-10H2,1-3H3. The van der Waals surface area contributed by atoms with E-state index in [1.54, 1.807) is 0 Å². The van der Waals surface area contributed by atoms with Crippen LogP contribution in [0.2, 0.25) is 0 Å². The summed E-state index contributed by atoms with van der Waals surface area (Å²) in [6.07, 6.45) is 4.23. The Bertz CT molecular complexity index is 481. The van der Waals surface area contributed by atoms with E-state index in [1.165, 1.54) is 24.0 Å². The minimum atomic E-state index is 1.10. The van der Waals surface area contributed by atoms with Crippen LogP contribution in [0.4, 0.5) is 5.69 Å². The first kappa shape index (κ1) is 12.0. The first-order valence-corrected chi connectivity index (χ1v) is 6.43. The second-order valence-corrected chi connectivity index (χ2v) is 4.49. The Balaban J connectivity index is 2.44. The molecule has 1 aromatic heterocycles. The monoisotopic (exact) mass is 231 g/mol. The molecule has 0 saturated heterocycles. The Hall–Kier alpha value is -1.51. The summed E-state index contributed by atoms with van der Waals surface area (Å²) in [4.78, 5) is 6.96. The van der Waals surface area contributed by atoms with E-state index in [0.29, 0.717) is 0 Å². The number of aromatic nitrogens is 2. The van der Waals surface area contributed by atoms with Gasteiger partial charge >= 0.3 is 0 Å². The zero-order valence-corrected chi connectivity index (χ0v) is 11.0. The summed E-state index contributed by atoms with van der Waals surface area (Å²) in [6, 6.07) is 6.43. The van der Waals surface area contributed by atoms with Crippen LogP contribution in [0.15, 0.2) is 24.5 Å². The number of imidazole rings is 1. The predicted molar refractivity (Wildman–Crippen MR) is 73.5 cm³/mol. The second kappa shape index (κ2) is 5.21. The first-order chi connectivity index (χ1) is 8.27. The Kier molecular flexibility index (Phi) is 3.67. The van der Waals surface area contributed by atoms with Crippen molar-refractivity contribution in [2.75, 3.05) is 18.0 Å². The van der Waals surface area contributed by atoms with Crippen LogP contribution < -0.4 is 4.90 Å². The van der Waals surface area contributed by atoms with Crippen molar-refractivity contribution in [3.05, 3.63) is 24.5 Å². The van der Waals surface area contributed by atoms with Gasteiger partial charge in [-0.05, 0) is 25.0 Å². The fourth-order valence-electron chi connectivity index (χ4n) is 2.29. The van der Waals surface area contributed by atoms with E-state index in [-0.39, 0.29) is 0 Å². The van der Waals surface area contributed by atoms with E-state index in [0.717, 1.165) is 18.6 Å². The van der Waals surface area contributed by atoms with Crippen LogP contribution in [0.5, 0.6) is 0 Å². The van der Waals surface area contributed by atoms with Crippen LogP contribution in [0, 0.1) is 0 Å². The largest absolute Gasteiger partial charge is 0.370 e. The average Bonchev–Trinajstić information content (AvgIpc) is 2.71. The van der Waals surface area contributed by atoms with Crippen molar-refractivity contribution < 1.29 is 0 Å². The SMILES string of the molecule is CCCN(CCC)c1cccc2c1ncn2C. The van der Waals surface area contributed by atoms with Crippen LogP contribution in [0.3, 0.4) is 0 Å². The van der Waals surface area contributed by atoms with Gasteiger partial charge in [0.2, 0.25) is 0 Å². The summed E-state index contributed by atoms with van der Waals surface area (Å²) in [5.74, 6) is 0. The molecule has 1 heterocycles. The van der Waals surface area contributed by atoms with Crippen molar-refractivity contribution in [2.45, 2.75) is 26.7 Å². The molecule has 1 aromatic carbocycles. The van der Waals surface area contributed by atoms with E-state index >= 15 is 0 Å². The van der Waals surface area contributed by atoms with Gasteiger partial charge in [-0.1, -0.05) is 19.9 Å². The van der Waals surface area contributed by atoms with Crippen molar-refractivity contribution >= 4 is 16.7 Å². The molecule has 0 aliphatic heterocycles. The van der Waals surface area contributed by atoms with Crippen LogP contribution in [0.25, 0.3) is 11.0 Å². The van der Waals surface area contributed by atoms with Crippen LogP contribution in [-0.4, -0.2) is 22.6 Å². The summed E-state index contributed by atoms with van der Waals surface area (Å²) < 4.78 is 2.08. The zero-order valence-electron chi connectivity index (χ0n) is 11.0. The lowest BCUT2D eigenvalue weighted by Gasteiger charge is -2.24. The molecular weight excluding hydrogens is 210 g/mol. The summed E-state index contributed by atoms with van der Waals surface area (Å²) in [5.41, 5.74) is 3.60. The summed E-state index contributed by atoms with van der Waals surface area (Å²) >= 11 is 0. The molecule has 0 N–H and O–H groups in total. The minimum absolute atomic E-state index is 1.10. The first-order valence-electron chi connectivity index (χ1n) is 6.43. The molecule has 0 amide bonds. The highest BCUT2D eigenvalue weighted by Crippen LogP contribution is 2.25. The molecule has 2 rings (SSSR count). The van der Waals surface area contributed by atoms with E-state index in [9.17, 15) is 0 Å². The summed E-state index contributed by atoms with van der Waals surface area (Å²) in [5, 5.41) is 0. The molecule has 0 aliphatic carbocycles. The molecule has 0 unspecified atom stereocenters. The number of hydrogen-bond donors (Lipinski definition) is 0. The van der Waals surface area contributed by atoms with Gasteiger partial charge in [-0.25, -0.2) is 4.98 Å². The highest BCUT2D eigenvalue weighted by Gasteiger charge is 2.11. The van der Waals surface area contributed by atoms with Crippen LogP contribution in [-0.2, 0) is 7.05 Å². The van der Waals surface area contributed by atoms with E-state index in [1.807, 2.05) is 13.4 Å². The lowest BCUT2D eigenvalue weighted by atomic mass is 10.2. The maximum Gasteiger partial charge on any atom is 0.112 e. The fourth-order valence-corrected chi connectivity index (χ4v) is 2.29. The van der Waals surface area contributed by atoms with Gasteiger partial charge in [0.05, 0.1) is 17.5 Å². The Morgan fingerprint density at radius 2 is 1.88 bits per heavy atom. The topological polar surface area (TPSA) is 21.1 Å². The van der Waals surface area contributed by atoms with Crippen LogP contribution >= 0.6 is 0 Å². The highest BCUT2D eigenvalue weighted by molar-refractivity contribution is 5.88. The number of aryl methyl sites for hydroxylation is 1. The number of nitrogens with zero attached hydrogens (tertiary/aromatic N) is 3. The van der Waals surface area contributed by atoms with Crippen molar-refractivity contribution in [2.24, 2.45) is 7.05 Å². The number of anilines is 1. The second-order valence-electron chi connectivity index (χ2n) is 4.49. The van der Waals surface area contributed by atoms with E-state index in [4.69, 9.17) is 0 Å². The molecule has 0 fully saturated rings. The van der Waals surface area contributed by atoms with Gasteiger partial charge in [-0.2, -0.15) is 0 Å². The number of benzene rings is 1. The minimum Gasteiger partial charge on any atom is -0.370 e. The van der Waals surface area contributed by atoms with Gasteiger partial charge in [-0.15, -0.1) is 0 Å². The lowest BCUT2D eigenvalue weighted by molar-refractivity contribution is 0.747. The lowest BCUT2D eigenvalue weighted by Crippen LogP contribution is -2.25. The quantitative estimate of drug-likeness (QED) is 0.788. The smallest absolute Gasteiger partial charge is 0.112 e. The third-order valence-electron chi connectivity index (χ3n) is 3.06. The molecule has 0 atom stereocenters. The molecule has 92 valence electrons. The van der Waals surface area contributed by atoms with Gasteiger partial charge < -0.3 is 9.47 Å². The maximum absolute atomic E-state index is 4.52. The Labute approximate surface area is 103 Å². The molecule has 3 heteroatoms. The normalized spacial score (nSPS) is 11.0. The zero-order chi connectivity index (χ0) is 12.3. The van der Waals surface area contributed by atoms with Crippen LogP contribution in [0.1, 0.15) is 26.7 Å². The maximum atomic E-state index is 4.52. The van der Waals surface area contributed by atoms with Crippen molar-refractivity contribution in [3.63, 3.8) is 0 Å². The molecular formula is C14H21N3. The van der Waals surface area contributed by atoms with E-state index in [2.05, 4.69) is 46.5 Å². The third kappa shape index (κ3) is 2.28. The molecule has 0 aliphatic rings. The molecule has 3 nitrogen and oxygen atoms in total. The third-order valence-corrected chi connectivity index (χ3v) is 3.06. The highest BCUT2D eigenvalue weighted by atomic mass is 15.1. The predicted octanol–water partition coefficient (Wildman–Crippen LogP) is 3.20. The average molecular weight is 231 g/mol.